The maximum Gasteiger partial charge on any atom is 0.264 e. The van der Waals surface area contributed by atoms with Gasteiger partial charge in [0.05, 0.1) is 0 Å². The molecule has 0 aliphatic carbocycles. The Bertz CT molecular complexity index is 1400. The van der Waals surface area contributed by atoms with Crippen LogP contribution in [-0.2, 0) is 11.3 Å². The Kier molecular flexibility index (Phi) is 6.29. The third-order valence-corrected chi connectivity index (χ3v) is 6.16. The second kappa shape index (κ2) is 9.15. The van der Waals surface area contributed by atoms with Crippen molar-refractivity contribution in [1.82, 2.24) is 14.7 Å². The molecule has 33 heavy (non-hydrogen) atoms. The molecule has 1 N–H and O–H groups in total. The number of halogens is 1. The molecular weight excluding hydrogens is 484 g/mol. The van der Waals surface area contributed by atoms with Crippen LogP contribution in [0.4, 0.5) is 5.69 Å². The third-order valence-electron chi connectivity index (χ3n) is 5.63. The number of hydrogen-bond donors (Lipinski definition) is 1. The summed E-state index contributed by atoms with van der Waals surface area (Å²) in [6, 6.07) is 15.0. The van der Waals surface area contributed by atoms with E-state index in [1.54, 1.807) is 6.92 Å². The Balaban J connectivity index is 1.65. The summed E-state index contributed by atoms with van der Waals surface area (Å²) in [7, 11) is 0. The van der Waals surface area contributed by atoms with E-state index in [0.29, 0.717) is 17.1 Å². The molecule has 0 saturated carbocycles. The van der Waals surface area contributed by atoms with Crippen LogP contribution in [0.3, 0.4) is 0 Å². The highest BCUT2D eigenvalue weighted by Gasteiger charge is 2.20. The van der Waals surface area contributed by atoms with E-state index in [4.69, 9.17) is 4.52 Å². The molecule has 4 aromatic rings. The number of carbonyl (C=O) groups is 1. The molecule has 0 aliphatic rings. The molecule has 8 heteroatoms. The van der Waals surface area contributed by atoms with Crippen LogP contribution in [0.2, 0.25) is 0 Å². The Morgan fingerprint density at radius 2 is 1.79 bits per heavy atom. The predicted molar refractivity (Wildman–Crippen MR) is 131 cm³/mol. The summed E-state index contributed by atoms with van der Waals surface area (Å²) in [4.78, 5) is 30.6. The first-order valence-corrected chi connectivity index (χ1v) is 11.2. The highest BCUT2D eigenvalue weighted by molar-refractivity contribution is 9.10. The van der Waals surface area contributed by atoms with Gasteiger partial charge in [-0.3, -0.25) is 9.59 Å². The van der Waals surface area contributed by atoms with Gasteiger partial charge >= 0.3 is 0 Å². The number of aromatic nitrogens is 3. The SMILES string of the molecule is Cc1cccc(NC(=O)Cn2c(C)cc(C)c(-c3nc(-c4ccc(Br)cc4)no3)c2=O)c1C. The molecule has 0 bridgehead atoms. The number of aryl methyl sites for hydroxylation is 3. The van der Waals surface area contributed by atoms with Crippen LogP contribution in [0.5, 0.6) is 0 Å². The van der Waals surface area contributed by atoms with Crippen molar-refractivity contribution in [1.29, 1.82) is 0 Å². The van der Waals surface area contributed by atoms with Gasteiger partial charge in [0.15, 0.2) is 0 Å². The first-order valence-electron chi connectivity index (χ1n) is 10.4. The molecule has 0 fully saturated rings. The lowest BCUT2D eigenvalue weighted by Crippen LogP contribution is -2.31. The summed E-state index contributed by atoms with van der Waals surface area (Å²) in [6.07, 6.45) is 0. The van der Waals surface area contributed by atoms with Crippen LogP contribution in [0.1, 0.15) is 22.4 Å². The van der Waals surface area contributed by atoms with E-state index in [2.05, 4.69) is 31.4 Å². The molecule has 4 rings (SSSR count). The van der Waals surface area contributed by atoms with E-state index >= 15 is 0 Å². The Morgan fingerprint density at radius 1 is 1.06 bits per heavy atom. The molecule has 0 atom stereocenters. The molecule has 168 valence electrons. The summed E-state index contributed by atoms with van der Waals surface area (Å²) in [5.41, 5.74) is 4.88. The van der Waals surface area contributed by atoms with Crippen molar-refractivity contribution < 1.29 is 9.32 Å². The van der Waals surface area contributed by atoms with Crippen LogP contribution < -0.4 is 10.9 Å². The fourth-order valence-electron chi connectivity index (χ4n) is 3.64. The predicted octanol–water partition coefficient (Wildman–Crippen LogP) is 5.20. The van der Waals surface area contributed by atoms with Crippen LogP contribution in [-0.4, -0.2) is 20.6 Å². The van der Waals surface area contributed by atoms with Gasteiger partial charge in [0.25, 0.3) is 11.4 Å². The quantitative estimate of drug-likeness (QED) is 0.401. The Morgan fingerprint density at radius 3 is 2.52 bits per heavy atom. The van der Waals surface area contributed by atoms with Crippen molar-refractivity contribution in [2.75, 3.05) is 5.32 Å². The maximum absolute atomic E-state index is 13.4. The molecule has 0 unspecified atom stereocenters. The van der Waals surface area contributed by atoms with Gasteiger partial charge in [0.1, 0.15) is 12.1 Å². The lowest BCUT2D eigenvalue weighted by Gasteiger charge is -2.14. The van der Waals surface area contributed by atoms with Gasteiger partial charge in [0, 0.05) is 21.4 Å². The molecular formula is C25H23BrN4O3. The molecule has 2 heterocycles. The molecule has 0 radical (unpaired) electrons. The van der Waals surface area contributed by atoms with Gasteiger partial charge in [-0.05, 0) is 80.8 Å². The van der Waals surface area contributed by atoms with Gasteiger partial charge in [-0.2, -0.15) is 4.98 Å². The second-order valence-electron chi connectivity index (χ2n) is 7.96. The number of nitrogens with one attached hydrogen (secondary N) is 1. The molecule has 2 aromatic heterocycles. The number of amides is 1. The zero-order valence-corrected chi connectivity index (χ0v) is 20.4. The molecule has 0 saturated heterocycles. The van der Waals surface area contributed by atoms with Crippen molar-refractivity contribution in [2.45, 2.75) is 34.2 Å². The molecule has 1 amide bonds. The minimum absolute atomic E-state index is 0.124. The fourth-order valence-corrected chi connectivity index (χ4v) is 3.91. The normalized spacial score (nSPS) is 10.9. The van der Waals surface area contributed by atoms with Crippen molar-refractivity contribution in [3.63, 3.8) is 0 Å². The van der Waals surface area contributed by atoms with E-state index < -0.39 is 0 Å². The van der Waals surface area contributed by atoms with E-state index in [0.717, 1.165) is 26.9 Å². The minimum Gasteiger partial charge on any atom is -0.333 e. The highest BCUT2D eigenvalue weighted by atomic mass is 79.9. The monoisotopic (exact) mass is 506 g/mol. The minimum atomic E-state index is -0.352. The van der Waals surface area contributed by atoms with Crippen molar-refractivity contribution in [3.05, 3.63) is 85.7 Å². The van der Waals surface area contributed by atoms with Crippen LogP contribution >= 0.6 is 15.9 Å². The van der Waals surface area contributed by atoms with Gasteiger partial charge in [-0.25, -0.2) is 0 Å². The highest BCUT2D eigenvalue weighted by Crippen LogP contribution is 2.24. The summed E-state index contributed by atoms with van der Waals surface area (Å²) in [6.45, 7) is 7.42. The largest absolute Gasteiger partial charge is 0.333 e. The lowest BCUT2D eigenvalue weighted by atomic mass is 10.1. The summed E-state index contributed by atoms with van der Waals surface area (Å²) < 4.78 is 7.79. The zero-order valence-electron chi connectivity index (χ0n) is 18.8. The number of nitrogens with zero attached hydrogens (tertiary/aromatic N) is 3. The Labute approximate surface area is 199 Å². The van der Waals surface area contributed by atoms with Gasteiger partial charge in [-0.1, -0.05) is 33.2 Å². The number of pyridine rings is 1. The molecule has 0 spiro atoms. The Hall–Kier alpha value is -3.52. The third kappa shape index (κ3) is 4.66. The van der Waals surface area contributed by atoms with E-state index in [1.165, 1.54) is 4.57 Å². The van der Waals surface area contributed by atoms with Gasteiger partial charge in [-0.15, -0.1) is 0 Å². The first-order chi connectivity index (χ1) is 15.7. The first kappa shape index (κ1) is 22.7. The average Bonchev–Trinajstić information content (AvgIpc) is 3.24. The van der Waals surface area contributed by atoms with E-state index in [-0.39, 0.29) is 29.5 Å². The number of benzene rings is 2. The summed E-state index contributed by atoms with van der Waals surface area (Å²) in [5, 5.41) is 6.94. The topological polar surface area (TPSA) is 90.0 Å². The molecule has 2 aromatic carbocycles. The second-order valence-corrected chi connectivity index (χ2v) is 8.88. The van der Waals surface area contributed by atoms with Crippen LogP contribution in [0.25, 0.3) is 22.8 Å². The number of hydrogen-bond acceptors (Lipinski definition) is 5. The van der Waals surface area contributed by atoms with E-state index in [9.17, 15) is 9.59 Å². The standard InChI is InChI=1S/C25H23BrN4O3/c1-14-6-5-7-20(17(14)4)27-21(31)13-30-16(3)12-15(2)22(25(30)32)24-28-23(29-33-24)18-8-10-19(26)11-9-18/h5-12H,13H2,1-4H3,(H,27,31). The maximum atomic E-state index is 13.4. The van der Waals surface area contributed by atoms with E-state index in [1.807, 2.05) is 69.3 Å². The zero-order chi connectivity index (χ0) is 23.7. The van der Waals surface area contributed by atoms with Crippen molar-refractivity contribution in [2.24, 2.45) is 0 Å². The number of anilines is 1. The van der Waals surface area contributed by atoms with Gasteiger partial charge in [0.2, 0.25) is 11.7 Å². The fraction of sp³-hybridized carbons (Fsp3) is 0.200. The van der Waals surface area contributed by atoms with Gasteiger partial charge < -0.3 is 14.4 Å². The smallest absolute Gasteiger partial charge is 0.264 e. The average molecular weight is 507 g/mol. The molecule has 0 aliphatic heterocycles. The molecule has 7 nitrogen and oxygen atoms in total. The van der Waals surface area contributed by atoms with Crippen LogP contribution in [0.15, 0.2) is 62.3 Å². The summed E-state index contributed by atoms with van der Waals surface area (Å²) in [5.74, 6) is 0.222. The van der Waals surface area contributed by atoms with Crippen LogP contribution in [0, 0.1) is 27.7 Å². The number of rotatable bonds is 5. The number of carbonyl (C=O) groups excluding carboxylic acids is 1. The van der Waals surface area contributed by atoms with Crippen molar-refractivity contribution >= 4 is 27.5 Å². The lowest BCUT2D eigenvalue weighted by molar-refractivity contribution is -0.116. The summed E-state index contributed by atoms with van der Waals surface area (Å²) >= 11 is 3.40. The van der Waals surface area contributed by atoms with Crippen molar-refractivity contribution in [3.8, 4) is 22.8 Å².